The molecule has 2 aliphatic heterocycles. The number of carbonyl (C=O) groups excluding carboxylic acids is 1. The second-order valence-electron chi connectivity index (χ2n) is 8.08. The minimum absolute atomic E-state index is 0.0916. The van der Waals surface area contributed by atoms with Gasteiger partial charge in [0.1, 0.15) is 11.2 Å². The molecule has 1 saturated heterocycles. The van der Waals surface area contributed by atoms with Crippen molar-refractivity contribution in [3.05, 3.63) is 51.9 Å². The van der Waals surface area contributed by atoms with Crippen LogP contribution in [0.5, 0.6) is 0 Å². The smallest absolute Gasteiger partial charge is 0.249 e. The summed E-state index contributed by atoms with van der Waals surface area (Å²) in [6.07, 6.45) is 3.59. The van der Waals surface area contributed by atoms with E-state index in [1.807, 2.05) is 41.7 Å². The van der Waals surface area contributed by atoms with Crippen LogP contribution in [0.25, 0.3) is 5.00 Å². The predicted molar refractivity (Wildman–Crippen MR) is 118 cm³/mol. The Morgan fingerprint density at radius 2 is 2.17 bits per heavy atom. The third kappa shape index (κ3) is 2.84. The third-order valence-electron chi connectivity index (χ3n) is 6.07. The number of Topliss-reactive ketones (excluding diaryl/α,β-unsaturated/α-hetero) is 1. The number of hydrazine groups is 1. The van der Waals surface area contributed by atoms with Gasteiger partial charge in [0.15, 0.2) is 10.9 Å². The lowest BCUT2D eigenvalue weighted by atomic mass is 9.87. The number of nitrogens with one attached hydrogen (secondary N) is 2. The zero-order valence-electron chi connectivity index (χ0n) is 16.6. The van der Waals surface area contributed by atoms with Crippen LogP contribution in [-0.4, -0.2) is 33.0 Å². The molecule has 3 aliphatic rings. The largest absolute Gasteiger partial charge is 0.293 e. The fraction of sp³-hybridized carbons (Fsp3) is 0.381. The van der Waals surface area contributed by atoms with E-state index >= 15 is 0 Å². The number of ketones is 1. The van der Waals surface area contributed by atoms with E-state index < -0.39 is 0 Å². The third-order valence-corrected chi connectivity index (χ3v) is 8.26. The standard InChI is InChI=1S/C21H22N6OS2/c1-12-7-8-14-16(9-12)30-19-17(14)18-22-11-23-27(18)20-24-25-21(26(19)20)29-10-15(28)13-5-3-2-4-6-13/h2-6,12,18,22-23H,7-11H2,1H3/t12-,18?/m1/s1. The second-order valence-corrected chi connectivity index (χ2v) is 10.1. The summed E-state index contributed by atoms with van der Waals surface area (Å²) in [6, 6.07) is 9.44. The van der Waals surface area contributed by atoms with E-state index in [1.54, 1.807) is 0 Å². The lowest BCUT2D eigenvalue weighted by molar-refractivity contribution is 0.102. The van der Waals surface area contributed by atoms with Gasteiger partial charge in [-0.3, -0.25) is 15.1 Å². The van der Waals surface area contributed by atoms with Crippen LogP contribution >= 0.6 is 23.1 Å². The van der Waals surface area contributed by atoms with E-state index in [0.717, 1.165) is 35.4 Å². The number of thiophene rings is 1. The van der Waals surface area contributed by atoms with E-state index in [2.05, 4.69) is 37.4 Å². The molecule has 2 atom stereocenters. The van der Waals surface area contributed by atoms with Gasteiger partial charge in [-0.05, 0) is 30.7 Å². The average Bonchev–Trinajstić information content (AvgIpc) is 3.47. The number of thioether (sulfide) groups is 1. The summed E-state index contributed by atoms with van der Waals surface area (Å²) < 4.78 is 2.14. The first-order chi connectivity index (χ1) is 14.7. The van der Waals surface area contributed by atoms with Gasteiger partial charge in [0.05, 0.1) is 12.4 Å². The molecule has 2 aromatic heterocycles. The van der Waals surface area contributed by atoms with Gasteiger partial charge >= 0.3 is 0 Å². The summed E-state index contributed by atoms with van der Waals surface area (Å²) in [5.74, 6) is 1.96. The maximum atomic E-state index is 12.6. The van der Waals surface area contributed by atoms with Crippen molar-refractivity contribution in [3.63, 3.8) is 0 Å². The molecule has 154 valence electrons. The van der Waals surface area contributed by atoms with Gasteiger partial charge in [-0.1, -0.05) is 49.0 Å². The molecular weight excluding hydrogens is 416 g/mol. The van der Waals surface area contributed by atoms with Gasteiger partial charge in [0.25, 0.3) is 0 Å². The number of rotatable bonds is 4. The van der Waals surface area contributed by atoms with Crippen molar-refractivity contribution in [2.75, 3.05) is 17.4 Å². The van der Waals surface area contributed by atoms with E-state index in [0.29, 0.717) is 12.4 Å². The van der Waals surface area contributed by atoms with Crippen molar-refractivity contribution >= 4 is 34.8 Å². The quantitative estimate of drug-likeness (QED) is 0.478. The van der Waals surface area contributed by atoms with E-state index in [-0.39, 0.29) is 11.9 Å². The van der Waals surface area contributed by atoms with Crippen LogP contribution in [0.4, 0.5) is 5.95 Å². The van der Waals surface area contributed by atoms with Gasteiger partial charge < -0.3 is 0 Å². The zero-order valence-corrected chi connectivity index (χ0v) is 18.2. The van der Waals surface area contributed by atoms with Crippen LogP contribution in [0.3, 0.4) is 0 Å². The van der Waals surface area contributed by atoms with Gasteiger partial charge in [-0.15, -0.1) is 21.5 Å². The zero-order chi connectivity index (χ0) is 20.2. The molecule has 0 saturated carbocycles. The maximum Gasteiger partial charge on any atom is 0.249 e. The van der Waals surface area contributed by atoms with Crippen molar-refractivity contribution in [2.24, 2.45) is 5.92 Å². The van der Waals surface area contributed by atoms with Crippen LogP contribution in [0.15, 0.2) is 35.5 Å². The summed E-state index contributed by atoms with van der Waals surface area (Å²) in [4.78, 5) is 14.1. The minimum atomic E-state index is 0.0916. The maximum absolute atomic E-state index is 12.6. The number of hydrogen-bond donors (Lipinski definition) is 2. The van der Waals surface area contributed by atoms with Crippen LogP contribution < -0.4 is 15.8 Å². The molecule has 1 aliphatic carbocycles. The Kier molecular flexibility index (Phi) is 4.45. The monoisotopic (exact) mass is 438 g/mol. The highest BCUT2D eigenvalue weighted by Crippen LogP contribution is 2.48. The predicted octanol–water partition coefficient (Wildman–Crippen LogP) is 3.31. The first kappa shape index (κ1) is 18.6. The lowest BCUT2D eigenvalue weighted by Crippen LogP contribution is -2.39. The summed E-state index contributed by atoms with van der Waals surface area (Å²) in [5.41, 5.74) is 6.98. The molecule has 4 heterocycles. The molecule has 7 nitrogen and oxygen atoms in total. The van der Waals surface area contributed by atoms with Crippen molar-refractivity contribution in [3.8, 4) is 5.00 Å². The minimum Gasteiger partial charge on any atom is -0.293 e. The molecule has 6 rings (SSSR count). The molecule has 1 unspecified atom stereocenters. The lowest BCUT2D eigenvalue weighted by Gasteiger charge is -2.31. The Labute approximate surface area is 182 Å². The highest BCUT2D eigenvalue weighted by molar-refractivity contribution is 7.99. The topological polar surface area (TPSA) is 75.1 Å². The van der Waals surface area contributed by atoms with Crippen LogP contribution in [0.2, 0.25) is 0 Å². The Morgan fingerprint density at radius 1 is 1.30 bits per heavy atom. The van der Waals surface area contributed by atoms with E-state index in [4.69, 9.17) is 0 Å². The van der Waals surface area contributed by atoms with Gasteiger partial charge in [-0.2, -0.15) is 0 Å². The number of nitrogens with zero attached hydrogens (tertiary/aromatic N) is 4. The summed E-state index contributed by atoms with van der Waals surface area (Å²) in [6.45, 7) is 3.04. The number of aromatic nitrogens is 3. The molecule has 3 aromatic rings. The molecule has 0 radical (unpaired) electrons. The Morgan fingerprint density at radius 3 is 3.03 bits per heavy atom. The van der Waals surface area contributed by atoms with Crippen molar-refractivity contribution < 1.29 is 4.79 Å². The first-order valence-electron chi connectivity index (χ1n) is 10.3. The van der Waals surface area contributed by atoms with Crippen molar-refractivity contribution in [1.82, 2.24) is 25.5 Å². The molecule has 1 aromatic carbocycles. The molecule has 1 fully saturated rings. The summed E-state index contributed by atoms with van der Waals surface area (Å²) in [5, 5.41) is 16.6. The van der Waals surface area contributed by atoms with Crippen LogP contribution in [0, 0.1) is 5.92 Å². The molecule has 9 heteroatoms. The number of hydrogen-bond acceptors (Lipinski definition) is 8. The SMILES string of the molecule is C[C@@H]1CCc2c(sc3c2C2NCNN2c2nnc(SCC(=O)c4ccccc4)n2-3)C1. The highest BCUT2D eigenvalue weighted by atomic mass is 32.2. The van der Waals surface area contributed by atoms with E-state index in [1.165, 1.54) is 39.2 Å². The number of carbonyl (C=O) groups is 1. The fourth-order valence-corrected chi connectivity index (χ4v) is 6.99. The number of fused-ring (bicyclic) bond motifs is 8. The fourth-order valence-electron chi connectivity index (χ4n) is 4.56. The Bertz CT molecular complexity index is 1120. The summed E-state index contributed by atoms with van der Waals surface area (Å²) in [7, 11) is 0. The Balaban J connectivity index is 1.38. The average molecular weight is 439 g/mol. The normalized spacial score (nSPS) is 21.7. The van der Waals surface area contributed by atoms with Gasteiger partial charge in [-0.25, -0.2) is 9.99 Å². The molecule has 2 N–H and O–H groups in total. The Hall–Kier alpha value is -2.20. The molecule has 30 heavy (non-hydrogen) atoms. The van der Waals surface area contributed by atoms with Gasteiger partial charge in [0, 0.05) is 16.0 Å². The van der Waals surface area contributed by atoms with Crippen LogP contribution in [-0.2, 0) is 12.8 Å². The van der Waals surface area contributed by atoms with Crippen LogP contribution in [0.1, 0.15) is 45.9 Å². The first-order valence-corrected chi connectivity index (χ1v) is 12.1. The van der Waals surface area contributed by atoms with Crippen molar-refractivity contribution in [1.29, 1.82) is 0 Å². The molecule has 0 bridgehead atoms. The molecular formula is C21H22N6OS2. The highest BCUT2D eigenvalue weighted by Gasteiger charge is 2.42. The molecule has 0 spiro atoms. The molecule has 0 amide bonds. The van der Waals surface area contributed by atoms with E-state index in [9.17, 15) is 4.79 Å². The number of anilines is 1. The second kappa shape index (κ2) is 7.19. The summed E-state index contributed by atoms with van der Waals surface area (Å²) >= 11 is 3.33. The number of benzene rings is 1. The van der Waals surface area contributed by atoms with Gasteiger partial charge in [0.2, 0.25) is 5.95 Å². The van der Waals surface area contributed by atoms with Crippen molar-refractivity contribution in [2.45, 2.75) is 37.5 Å².